The van der Waals surface area contributed by atoms with Crippen LogP contribution in [0.1, 0.15) is 48.5 Å². The average Bonchev–Trinajstić information content (AvgIpc) is 2.07. The first-order valence-corrected chi connectivity index (χ1v) is 6.20. The van der Waals surface area contributed by atoms with E-state index in [0.29, 0.717) is 6.04 Å². The number of nitrogens with one attached hydrogen (secondary N) is 1. The third-order valence-corrected chi connectivity index (χ3v) is 2.65. The van der Waals surface area contributed by atoms with Crippen molar-refractivity contribution in [3.63, 3.8) is 0 Å². The van der Waals surface area contributed by atoms with Gasteiger partial charge in [-0.15, -0.1) is 6.58 Å². The van der Waals surface area contributed by atoms with Gasteiger partial charge < -0.3 is 5.32 Å². The Labute approximate surface area is 102 Å². The highest BCUT2D eigenvalue weighted by Gasteiger charge is 2.25. The normalized spacial score (nSPS) is 15.2. The van der Waals surface area contributed by atoms with E-state index < -0.39 is 0 Å². The molecular weight excluding hydrogens is 196 g/mol. The molecule has 0 aliphatic carbocycles. The van der Waals surface area contributed by atoms with Crippen LogP contribution in [0.2, 0.25) is 0 Å². The molecule has 0 spiro atoms. The zero-order valence-corrected chi connectivity index (χ0v) is 12.2. The highest BCUT2D eigenvalue weighted by molar-refractivity contribution is 4.88. The molecule has 1 atom stereocenters. The van der Waals surface area contributed by atoms with E-state index >= 15 is 0 Å². The summed E-state index contributed by atoms with van der Waals surface area (Å²) in [5, 5.41) is 3.56. The second-order valence-corrected chi connectivity index (χ2v) is 6.59. The average molecular weight is 226 g/mol. The van der Waals surface area contributed by atoms with Crippen molar-refractivity contribution in [1.82, 2.24) is 10.2 Å². The molecule has 0 aromatic rings. The minimum atomic E-state index is 0.187. The molecule has 0 aromatic heterocycles. The Morgan fingerprint density at radius 2 is 1.69 bits per heavy atom. The summed E-state index contributed by atoms with van der Waals surface area (Å²) >= 11 is 0. The quantitative estimate of drug-likeness (QED) is 0.725. The van der Waals surface area contributed by atoms with Crippen LogP contribution in [0, 0.1) is 0 Å². The van der Waals surface area contributed by atoms with Gasteiger partial charge in [0.2, 0.25) is 0 Å². The highest BCUT2D eigenvalue weighted by atomic mass is 15.2. The zero-order valence-electron chi connectivity index (χ0n) is 12.2. The summed E-state index contributed by atoms with van der Waals surface area (Å²) in [5.74, 6) is 0. The second-order valence-electron chi connectivity index (χ2n) is 6.59. The van der Waals surface area contributed by atoms with E-state index in [1.165, 1.54) is 0 Å². The van der Waals surface area contributed by atoms with Crippen LogP contribution in [-0.4, -0.2) is 35.1 Å². The molecule has 0 amide bonds. The van der Waals surface area contributed by atoms with Crippen molar-refractivity contribution < 1.29 is 0 Å². The van der Waals surface area contributed by atoms with Crippen molar-refractivity contribution in [1.29, 1.82) is 0 Å². The zero-order chi connectivity index (χ0) is 13.0. The van der Waals surface area contributed by atoms with Crippen LogP contribution < -0.4 is 5.32 Å². The molecule has 1 N–H and O–H groups in total. The van der Waals surface area contributed by atoms with Gasteiger partial charge in [0.1, 0.15) is 0 Å². The second kappa shape index (κ2) is 5.83. The summed E-state index contributed by atoms with van der Waals surface area (Å²) in [7, 11) is 0. The molecule has 0 rings (SSSR count). The van der Waals surface area contributed by atoms with Crippen LogP contribution in [0.15, 0.2) is 12.7 Å². The molecule has 0 saturated heterocycles. The van der Waals surface area contributed by atoms with E-state index in [9.17, 15) is 0 Å². The first-order chi connectivity index (χ1) is 7.08. The lowest BCUT2D eigenvalue weighted by Crippen LogP contribution is -2.52. The molecule has 2 heteroatoms. The van der Waals surface area contributed by atoms with Crippen LogP contribution >= 0.6 is 0 Å². The standard InChI is InChI=1S/C14H30N2/c1-9-10-16(14(6,7)8)12(2)11-15-13(3,4)5/h9,12,15H,1,10-11H2,2-8H3. The van der Waals surface area contributed by atoms with Crippen LogP contribution in [0.25, 0.3) is 0 Å². The molecule has 0 aromatic carbocycles. The molecule has 0 heterocycles. The minimum Gasteiger partial charge on any atom is -0.311 e. The van der Waals surface area contributed by atoms with E-state index in [0.717, 1.165) is 13.1 Å². The van der Waals surface area contributed by atoms with Gasteiger partial charge in [-0.25, -0.2) is 0 Å². The van der Waals surface area contributed by atoms with Gasteiger partial charge in [-0.3, -0.25) is 4.90 Å². The monoisotopic (exact) mass is 226 g/mol. The first-order valence-electron chi connectivity index (χ1n) is 6.20. The maximum atomic E-state index is 3.84. The van der Waals surface area contributed by atoms with E-state index in [2.05, 4.69) is 65.3 Å². The van der Waals surface area contributed by atoms with Gasteiger partial charge >= 0.3 is 0 Å². The Bertz CT molecular complexity index is 208. The topological polar surface area (TPSA) is 15.3 Å². The SMILES string of the molecule is C=CCN(C(C)CNC(C)(C)C)C(C)(C)C. The summed E-state index contributed by atoms with van der Waals surface area (Å²) in [5.41, 5.74) is 0.374. The Morgan fingerprint density at radius 1 is 1.19 bits per heavy atom. The van der Waals surface area contributed by atoms with E-state index in [4.69, 9.17) is 0 Å². The summed E-state index contributed by atoms with van der Waals surface area (Å²) in [6.45, 7) is 21.4. The molecule has 0 fully saturated rings. The van der Waals surface area contributed by atoms with Gasteiger partial charge in [0.05, 0.1) is 0 Å². The van der Waals surface area contributed by atoms with E-state index in [-0.39, 0.29) is 11.1 Å². The van der Waals surface area contributed by atoms with Crippen molar-refractivity contribution in [2.75, 3.05) is 13.1 Å². The fraction of sp³-hybridized carbons (Fsp3) is 0.857. The van der Waals surface area contributed by atoms with Crippen molar-refractivity contribution in [3.8, 4) is 0 Å². The van der Waals surface area contributed by atoms with Crippen molar-refractivity contribution in [2.24, 2.45) is 0 Å². The number of rotatable bonds is 5. The van der Waals surface area contributed by atoms with Crippen LogP contribution in [0.5, 0.6) is 0 Å². The Kier molecular flexibility index (Phi) is 5.71. The van der Waals surface area contributed by atoms with Gasteiger partial charge in [-0.05, 0) is 48.5 Å². The predicted octanol–water partition coefficient (Wildman–Crippen LogP) is 3.05. The molecule has 0 bridgehead atoms. The van der Waals surface area contributed by atoms with Gasteiger partial charge in [-0.1, -0.05) is 6.08 Å². The van der Waals surface area contributed by atoms with Crippen molar-refractivity contribution in [3.05, 3.63) is 12.7 Å². The summed E-state index contributed by atoms with van der Waals surface area (Å²) in [4.78, 5) is 2.47. The molecule has 0 aliphatic heterocycles. The molecule has 0 radical (unpaired) electrons. The van der Waals surface area contributed by atoms with E-state index in [1.54, 1.807) is 0 Å². The molecule has 96 valence electrons. The Hall–Kier alpha value is -0.340. The fourth-order valence-electron chi connectivity index (χ4n) is 1.82. The lowest BCUT2D eigenvalue weighted by molar-refractivity contribution is 0.101. The van der Waals surface area contributed by atoms with Crippen LogP contribution in [0.4, 0.5) is 0 Å². The third kappa shape index (κ3) is 6.29. The smallest absolute Gasteiger partial charge is 0.0201 e. The summed E-state index contributed by atoms with van der Waals surface area (Å²) in [6.07, 6.45) is 1.98. The molecule has 0 saturated carbocycles. The third-order valence-electron chi connectivity index (χ3n) is 2.65. The molecular formula is C14H30N2. The van der Waals surface area contributed by atoms with E-state index in [1.807, 2.05) is 6.08 Å². The lowest BCUT2D eigenvalue weighted by Gasteiger charge is -2.40. The Morgan fingerprint density at radius 3 is 2.00 bits per heavy atom. The van der Waals surface area contributed by atoms with Crippen molar-refractivity contribution >= 4 is 0 Å². The summed E-state index contributed by atoms with van der Waals surface area (Å²) < 4.78 is 0. The maximum absolute atomic E-state index is 3.84. The van der Waals surface area contributed by atoms with Crippen LogP contribution in [0.3, 0.4) is 0 Å². The van der Waals surface area contributed by atoms with Gasteiger partial charge in [0.15, 0.2) is 0 Å². The van der Waals surface area contributed by atoms with Crippen LogP contribution in [-0.2, 0) is 0 Å². The molecule has 0 aliphatic rings. The number of hydrogen-bond acceptors (Lipinski definition) is 2. The Balaban J connectivity index is 4.40. The molecule has 2 nitrogen and oxygen atoms in total. The van der Waals surface area contributed by atoms with Crippen molar-refractivity contribution in [2.45, 2.75) is 65.6 Å². The highest BCUT2D eigenvalue weighted by Crippen LogP contribution is 2.16. The number of nitrogens with zero attached hydrogens (tertiary/aromatic N) is 1. The molecule has 16 heavy (non-hydrogen) atoms. The predicted molar refractivity (Wildman–Crippen MR) is 73.9 cm³/mol. The largest absolute Gasteiger partial charge is 0.311 e. The first kappa shape index (κ1) is 15.7. The fourth-order valence-corrected chi connectivity index (χ4v) is 1.82. The minimum absolute atomic E-state index is 0.187. The van der Waals surface area contributed by atoms with Gasteiger partial charge in [0.25, 0.3) is 0 Å². The number of hydrogen-bond donors (Lipinski definition) is 1. The lowest BCUT2D eigenvalue weighted by atomic mass is 10.0. The van der Waals surface area contributed by atoms with Gasteiger partial charge in [0, 0.05) is 30.2 Å². The van der Waals surface area contributed by atoms with Gasteiger partial charge in [-0.2, -0.15) is 0 Å². The molecule has 1 unspecified atom stereocenters. The maximum Gasteiger partial charge on any atom is 0.0201 e. The summed E-state index contributed by atoms with van der Waals surface area (Å²) in [6, 6.07) is 0.511.